The van der Waals surface area contributed by atoms with E-state index < -0.39 is 48.7 Å². The zero-order valence-corrected chi connectivity index (χ0v) is 23.9. The highest BCUT2D eigenvalue weighted by Crippen LogP contribution is 2.68. The van der Waals surface area contributed by atoms with E-state index >= 15 is 0 Å². The number of ether oxygens (including phenoxy) is 2. The molecule has 0 spiro atoms. The Bertz CT molecular complexity index is 959. The molecule has 5 unspecified atom stereocenters. The molecule has 40 heavy (non-hydrogen) atoms. The van der Waals surface area contributed by atoms with Crippen LogP contribution in [0.15, 0.2) is 0 Å². The summed E-state index contributed by atoms with van der Waals surface area (Å²) in [5.74, 6) is -0.107. The fraction of sp³-hybridized carbons (Fsp3) is 0.933. The Balaban J connectivity index is 1.27. The Labute approximate surface area is 236 Å². The van der Waals surface area contributed by atoms with E-state index in [0.717, 1.165) is 32.1 Å². The van der Waals surface area contributed by atoms with Crippen LogP contribution in [-0.2, 0) is 19.1 Å². The van der Waals surface area contributed by atoms with Gasteiger partial charge < -0.3 is 40.1 Å². The SMILES string of the molecule is C[C@H](CCC(=O)O)[C@H]1CC[C@H]2[C@@H]3[C@H](O)C[C@@H]4C[C@H](OC5OC(C(=O)O)C(O)C(O)C5O)CC[C@]4(C)[C@H]3CC[C@]12C. The highest BCUT2D eigenvalue weighted by molar-refractivity contribution is 5.73. The van der Waals surface area contributed by atoms with Crippen molar-refractivity contribution in [2.45, 2.75) is 128 Å². The highest BCUT2D eigenvalue weighted by atomic mass is 16.7. The van der Waals surface area contributed by atoms with Crippen LogP contribution in [0.3, 0.4) is 0 Å². The number of hydrogen-bond donors (Lipinski definition) is 6. The fourth-order valence-electron chi connectivity index (χ4n) is 10.2. The van der Waals surface area contributed by atoms with Gasteiger partial charge in [-0.2, -0.15) is 0 Å². The predicted octanol–water partition coefficient (Wildman–Crippen LogP) is 2.39. The third kappa shape index (κ3) is 5.00. The van der Waals surface area contributed by atoms with Gasteiger partial charge in [-0.25, -0.2) is 4.79 Å². The van der Waals surface area contributed by atoms with Crippen molar-refractivity contribution in [3.8, 4) is 0 Å². The molecule has 0 bridgehead atoms. The second-order valence-electron chi connectivity index (χ2n) is 14.2. The van der Waals surface area contributed by atoms with E-state index in [1.165, 1.54) is 0 Å². The van der Waals surface area contributed by atoms with Crippen molar-refractivity contribution in [1.29, 1.82) is 0 Å². The highest BCUT2D eigenvalue weighted by Gasteiger charge is 2.63. The predicted molar refractivity (Wildman–Crippen MR) is 142 cm³/mol. The molecule has 0 aromatic carbocycles. The molecule has 1 aliphatic heterocycles. The van der Waals surface area contributed by atoms with Crippen molar-refractivity contribution >= 4 is 11.9 Å². The monoisotopic (exact) mass is 568 g/mol. The van der Waals surface area contributed by atoms with E-state index in [2.05, 4.69) is 20.8 Å². The maximum Gasteiger partial charge on any atom is 0.335 e. The average Bonchev–Trinajstić information content (AvgIpc) is 3.25. The molecule has 15 atom stereocenters. The van der Waals surface area contributed by atoms with Crippen LogP contribution < -0.4 is 0 Å². The van der Waals surface area contributed by atoms with Crippen molar-refractivity contribution in [3.63, 3.8) is 0 Å². The van der Waals surface area contributed by atoms with Crippen LogP contribution in [0.4, 0.5) is 0 Å². The van der Waals surface area contributed by atoms with Gasteiger partial charge in [0.2, 0.25) is 0 Å². The van der Waals surface area contributed by atoms with Crippen LogP contribution in [0.25, 0.3) is 0 Å². The molecule has 5 fully saturated rings. The molecule has 1 saturated heterocycles. The quantitative estimate of drug-likeness (QED) is 0.250. The number of rotatable bonds is 7. The lowest BCUT2D eigenvalue weighted by atomic mass is 9.43. The average molecular weight is 569 g/mol. The van der Waals surface area contributed by atoms with Crippen molar-refractivity contribution in [1.82, 2.24) is 0 Å². The van der Waals surface area contributed by atoms with Crippen molar-refractivity contribution in [3.05, 3.63) is 0 Å². The maximum absolute atomic E-state index is 11.6. The summed E-state index contributed by atoms with van der Waals surface area (Å²) in [6.45, 7) is 6.95. The second-order valence-corrected chi connectivity index (χ2v) is 14.2. The summed E-state index contributed by atoms with van der Waals surface area (Å²) in [6.07, 6.45) is -0.687. The Morgan fingerprint density at radius 3 is 2.25 bits per heavy atom. The first-order valence-corrected chi connectivity index (χ1v) is 15.3. The molecule has 0 aromatic rings. The molecule has 1 heterocycles. The molecule has 0 radical (unpaired) electrons. The first kappa shape index (κ1) is 30.2. The van der Waals surface area contributed by atoms with E-state index in [-0.39, 0.29) is 35.2 Å². The van der Waals surface area contributed by atoms with E-state index in [4.69, 9.17) is 9.47 Å². The van der Waals surface area contributed by atoms with Gasteiger partial charge in [0, 0.05) is 6.42 Å². The first-order chi connectivity index (χ1) is 18.8. The first-order valence-electron chi connectivity index (χ1n) is 15.3. The van der Waals surface area contributed by atoms with Crippen LogP contribution in [0.5, 0.6) is 0 Å². The van der Waals surface area contributed by atoms with Crippen molar-refractivity contribution in [2.75, 3.05) is 0 Å². The summed E-state index contributed by atoms with van der Waals surface area (Å²) >= 11 is 0. The third-order valence-corrected chi connectivity index (χ3v) is 12.3. The van der Waals surface area contributed by atoms with Crippen LogP contribution in [0.2, 0.25) is 0 Å². The zero-order chi connectivity index (χ0) is 29.1. The number of aliphatic hydroxyl groups excluding tert-OH is 4. The van der Waals surface area contributed by atoms with Gasteiger partial charge in [-0.05, 0) is 104 Å². The molecule has 5 rings (SSSR count). The Kier molecular flexibility index (Phi) is 8.36. The summed E-state index contributed by atoms with van der Waals surface area (Å²) in [7, 11) is 0. The van der Waals surface area contributed by atoms with Gasteiger partial charge in [0.25, 0.3) is 0 Å². The Morgan fingerprint density at radius 1 is 0.900 bits per heavy atom. The molecule has 10 nitrogen and oxygen atoms in total. The normalized spacial score (nSPS) is 51.3. The number of carboxylic acids is 2. The van der Waals surface area contributed by atoms with Crippen LogP contribution >= 0.6 is 0 Å². The minimum atomic E-state index is -1.75. The Morgan fingerprint density at radius 2 is 1.57 bits per heavy atom. The minimum absolute atomic E-state index is 0.0312. The minimum Gasteiger partial charge on any atom is -0.481 e. The van der Waals surface area contributed by atoms with Crippen molar-refractivity contribution in [2.24, 2.45) is 46.3 Å². The van der Waals surface area contributed by atoms with E-state index in [1.54, 1.807) is 0 Å². The molecule has 5 aliphatic rings. The number of carbonyl (C=O) groups is 2. The molecule has 228 valence electrons. The summed E-state index contributed by atoms with van der Waals surface area (Å²) in [5, 5.41) is 60.8. The standard InChI is InChI=1S/C30H48O10/c1-14(4-7-21(32)33)17-5-6-18-22-19(9-11-30(17,18)3)29(2)10-8-16(12-15(29)13-20(22)31)39-28-25(36)23(34)24(35)26(40-28)27(37)38/h14-20,22-26,28,31,34-36H,4-13H2,1-3H3,(H,32,33)(H,37,38)/t14-,15+,16-,17-,18+,19+,20-,22+,23?,24?,25?,26?,28?,29+,30-/m1/s1. The number of fused-ring (bicyclic) bond motifs is 5. The van der Waals surface area contributed by atoms with Crippen LogP contribution in [0, 0.1) is 46.3 Å². The van der Waals surface area contributed by atoms with Gasteiger partial charge >= 0.3 is 11.9 Å². The fourth-order valence-corrected chi connectivity index (χ4v) is 10.2. The molecule has 10 heteroatoms. The summed E-state index contributed by atoms with van der Waals surface area (Å²) in [5.41, 5.74) is 0.146. The summed E-state index contributed by atoms with van der Waals surface area (Å²) in [6, 6.07) is 0. The summed E-state index contributed by atoms with van der Waals surface area (Å²) in [4.78, 5) is 22.7. The topological polar surface area (TPSA) is 174 Å². The smallest absolute Gasteiger partial charge is 0.335 e. The van der Waals surface area contributed by atoms with Gasteiger partial charge in [0.15, 0.2) is 12.4 Å². The van der Waals surface area contributed by atoms with E-state index in [9.17, 15) is 40.2 Å². The lowest BCUT2D eigenvalue weighted by Crippen LogP contribution is -2.61. The number of aliphatic hydroxyl groups is 4. The summed E-state index contributed by atoms with van der Waals surface area (Å²) < 4.78 is 11.4. The number of carboxylic acid groups (broad SMARTS) is 2. The molecular weight excluding hydrogens is 520 g/mol. The molecule has 0 aromatic heterocycles. The third-order valence-electron chi connectivity index (χ3n) is 12.3. The number of aliphatic carboxylic acids is 2. The zero-order valence-electron chi connectivity index (χ0n) is 23.9. The molecular formula is C30H48O10. The molecule has 0 amide bonds. The molecule has 4 aliphatic carbocycles. The van der Waals surface area contributed by atoms with E-state index in [0.29, 0.717) is 49.4 Å². The maximum atomic E-state index is 11.6. The van der Waals surface area contributed by atoms with Gasteiger partial charge in [-0.1, -0.05) is 20.8 Å². The lowest BCUT2D eigenvalue weighted by molar-refractivity contribution is -0.310. The van der Waals surface area contributed by atoms with Gasteiger partial charge in [-0.3, -0.25) is 4.79 Å². The van der Waals surface area contributed by atoms with Gasteiger partial charge in [-0.15, -0.1) is 0 Å². The molecule has 4 saturated carbocycles. The van der Waals surface area contributed by atoms with Gasteiger partial charge in [0.1, 0.15) is 18.3 Å². The van der Waals surface area contributed by atoms with Crippen molar-refractivity contribution < 1.29 is 49.7 Å². The van der Waals surface area contributed by atoms with Gasteiger partial charge in [0.05, 0.1) is 12.2 Å². The van der Waals surface area contributed by atoms with Crippen LogP contribution in [-0.4, -0.2) is 85.5 Å². The Hall–Kier alpha value is -1.30. The van der Waals surface area contributed by atoms with Crippen LogP contribution in [0.1, 0.15) is 85.0 Å². The number of hydrogen-bond acceptors (Lipinski definition) is 8. The lowest BCUT2D eigenvalue weighted by Gasteiger charge is -2.62. The van der Waals surface area contributed by atoms with E-state index in [1.807, 2.05) is 0 Å². The second kappa shape index (κ2) is 11.1. The molecule has 6 N–H and O–H groups in total. The largest absolute Gasteiger partial charge is 0.481 e.